The van der Waals surface area contributed by atoms with Gasteiger partial charge in [0.1, 0.15) is 23.0 Å². The van der Waals surface area contributed by atoms with E-state index in [-0.39, 0.29) is 38.4 Å². The van der Waals surface area contributed by atoms with Crippen LogP contribution in [0, 0.1) is 30.6 Å². The summed E-state index contributed by atoms with van der Waals surface area (Å²) < 4.78 is 0. The first-order chi connectivity index (χ1) is 15.3. The van der Waals surface area contributed by atoms with E-state index in [9.17, 15) is 0 Å². The third kappa shape index (κ3) is 15.0. The molecule has 0 amide bonds. The molecule has 0 fully saturated rings. The number of aryl methyl sites for hydroxylation is 2. The van der Waals surface area contributed by atoms with Crippen molar-refractivity contribution in [1.29, 1.82) is 0 Å². The van der Waals surface area contributed by atoms with Gasteiger partial charge in [0.05, 0.1) is 10.2 Å². The third-order valence-corrected chi connectivity index (χ3v) is 3.45. The number of pyridine rings is 2. The molecule has 0 saturated heterocycles. The minimum atomic E-state index is -1.75. The second kappa shape index (κ2) is 20.7. The number of hydrogen-bond donors (Lipinski definition) is 2. The van der Waals surface area contributed by atoms with Gasteiger partial charge in [-0.1, -0.05) is 12.1 Å². The summed E-state index contributed by atoms with van der Waals surface area (Å²) in [4.78, 5) is 33.9. The maximum absolute atomic E-state index is 8.25. The molecule has 37 heavy (non-hydrogen) atoms. The van der Waals surface area contributed by atoms with Gasteiger partial charge in [-0.05, 0) is 24.3 Å². The number of aromatic amines is 2. The molecule has 21 heteroatoms. The standard InChI is InChI=1S/C16H14N8.2NO3.Ni.4H2O/c1-3-9-17-11(5-1)15-19-13(21-23-15)7-8-14-20-16(24-22-14)12-6-2-4-10-18-12;2*2-1(3)4;;;;;/h1-6,9-10H,7-8H2,(H,19,21,23)(H,20,22,24);;;;4*1H2/q;2*-1;+2;;;;/p+2. The summed E-state index contributed by atoms with van der Waals surface area (Å²) in [6.07, 6.45) is 4.80. The van der Waals surface area contributed by atoms with Crippen LogP contribution in [0.3, 0.4) is 0 Å². The molecule has 0 aliphatic rings. The zero-order valence-corrected chi connectivity index (χ0v) is 19.5. The molecule has 4 aromatic rings. The molecule has 0 saturated carbocycles. The quantitative estimate of drug-likeness (QED) is 0.111. The van der Waals surface area contributed by atoms with Gasteiger partial charge in [-0.25, -0.2) is 9.97 Å². The molecule has 0 aliphatic carbocycles. The van der Waals surface area contributed by atoms with Gasteiger partial charge >= 0.3 is 16.5 Å². The molecule has 0 aromatic carbocycles. The Hall–Kier alpha value is -4.69. The van der Waals surface area contributed by atoms with Crippen molar-refractivity contribution in [3.8, 4) is 23.0 Å². The molecule has 0 unspecified atom stereocenters. The predicted molar refractivity (Wildman–Crippen MR) is 124 cm³/mol. The van der Waals surface area contributed by atoms with Gasteiger partial charge in [0, 0.05) is 25.2 Å². The molecule has 0 aliphatic heterocycles. The predicted octanol–water partition coefficient (Wildman–Crippen LogP) is -2.14. The number of rotatable bonds is 5. The number of H-pyrrole nitrogens is 2. The first-order valence-corrected chi connectivity index (χ1v) is 8.63. The summed E-state index contributed by atoms with van der Waals surface area (Å²) in [5, 5.41) is 43.8. The van der Waals surface area contributed by atoms with E-state index >= 15 is 0 Å². The van der Waals surface area contributed by atoms with E-state index in [2.05, 4.69) is 40.3 Å². The van der Waals surface area contributed by atoms with Gasteiger partial charge in [0.25, 0.3) is 0 Å². The summed E-state index contributed by atoms with van der Waals surface area (Å²) in [6, 6.07) is 11.3. The van der Waals surface area contributed by atoms with E-state index in [4.69, 9.17) is 30.6 Å². The summed E-state index contributed by atoms with van der Waals surface area (Å²) in [5.74, 6) is 2.76. The van der Waals surface area contributed by atoms with Crippen LogP contribution in [0.15, 0.2) is 48.8 Å². The van der Waals surface area contributed by atoms with Crippen molar-refractivity contribution in [3.63, 3.8) is 0 Å². The van der Waals surface area contributed by atoms with Crippen LogP contribution in [-0.4, -0.2) is 61.5 Å². The largest absolute Gasteiger partial charge is 2.00 e. The fourth-order valence-electron chi connectivity index (χ4n) is 2.27. The van der Waals surface area contributed by atoms with Crippen molar-refractivity contribution in [1.82, 2.24) is 40.3 Å². The van der Waals surface area contributed by atoms with Crippen molar-refractivity contribution in [3.05, 3.63) is 91.1 Å². The summed E-state index contributed by atoms with van der Waals surface area (Å²) in [6.45, 7) is 0. The maximum Gasteiger partial charge on any atom is 2.00 e. The van der Waals surface area contributed by atoms with E-state index in [0.29, 0.717) is 24.5 Å². The normalized spacial score (nSPS) is 8.32. The van der Waals surface area contributed by atoms with Crippen molar-refractivity contribution in [2.75, 3.05) is 0 Å². The van der Waals surface area contributed by atoms with Crippen molar-refractivity contribution < 1.29 is 48.6 Å². The number of aromatic nitrogens is 8. The molecular formula is C16H24N10NiO10+2. The van der Waals surface area contributed by atoms with Crippen molar-refractivity contribution >= 4 is 0 Å². The molecular weight excluding hydrogens is 551 g/mol. The molecule has 4 rings (SSSR count). The first kappa shape index (κ1) is 39.5. The van der Waals surface area contributed by atoms with Crippen LogP contribution in [0.25, 0.3) is 23.0 Å². The Morgan fingerprint density at radius 2 is 1.00 bits per heavy atom. The van der Waals surface area contributed by atoms with Crippen LogP contribution in [-0.2, 0) is 40.3 Å². The SMILES string of the molecule is O.O.O=[N+]([O-])[O-].O=[N+]([O-])[O-].[Ni+2].[OH3+].[OH3+].c1ccc(-c2n[nH]c(CCc3nc(-c4ccccn4)n[nH]3)n2)nc1. The average Bonchev–Trinajstić information content (AvgIpc) is 3.43. The van der Waals surface area contributed by atoms with E-state index in [1.165, 1.54) is 0 Å². The van der Waals surface area contributed by atoms with Gasteiger partial charge in [-0.3, -0.25) is 20.2 Å². The van der Waals surface area contributed by atoms with E-state index in [0.717, 1.165) is 23.0 Å². The topological polar surface area (TPSA) is 370 Å². The smallest absolute Gasteiger partial charge is 0.457 e. The molecule has 4 heterocycles. The van der Waals surface area contributed by atoms with Gasteiger partial charge in [0.2, 0.25) is 0 Å². The first-order valence-electron chi connectivity index (χ1n) is 8.63. The Bertz CT molecular complexity index is 1040. The van der Waals surface area contributed by atoms with E-state index < -0.39 is 10.2 Å². The van der Waals surface area contributed by atoms with Gasteiger partial charge in [-0.15, -0.1) is 0 Å². The molecule has 12 N–H and O–H groups in total. The second-order valence-corrected chi connectivity index (χ2v) is 5.59. The van der Waals surface area contributed by atoms with Gasteiger partial charge < -0.3 is 52.5 Å². The summed E-state index contributed by atoms with van der Waals surface area (Å²) in [7, 11) is 0. The zero-order valence-electron chi connectivity index (χ0n) is 18.5. The zero-order chi connectivity index (χ0) is 23.3. The van der Waals surface area contributed by atoms with Crippen LogP contribution in [0.2, 0.25) is 0 Å². The number of nitrogens with zero attached hydrogens (tertiary/aromatic N) is 8. The minimum absolute atomic E-state index is 0. The fraction of sp³-hybridized carbons (Fsp3) is 0.125. The molecule has 0 spiro atoms. The average molecular weight is 575 g/mol. The Morgan fingerprint density at radius 3 is 1.27 bits per heavy atom. The summed E-state index contributed by atoms with van der Waals surface area (Å²) in [5.41, 5.74) is 1.49. The van der Waals surface area contributed by atoms with Crippen molar-refractivity contribution in [2.45, 2.75) is 12.8 Å². The molecule has 0 bridgehead atoms. The Morgan fingerprint density at radius 1 is 0.676 bits per heavy atom. The molecule has 20 nitrogen and oxygen atoms in total. The Labute approximate surface area is 216 Å². The van der Waals surface area contributed by atoms with Crippen molar-refractivity contribution in [2.24, 2.45) is 0 Å². The number of hydrogen-bond acceptors (Lipinski definition) is 12. The third-order valence-electron chi connectivity index (χ3n) is 3.45. The summed E-state index contributed by atoms with van der Waals surface area (Å²) >= 11 is 0. The molecule has 0 radical (unpaired) electrons. The van der Waals surface area contributed by atoms with Crippen LogP contribution in [0.4, 0.5) is 0 Å². The molecule has 4 aromatic heterocycles. The van der Waals surface area contributed by atoms with Crippen LogP contribution >= 0.6 is 0 Å². The van der Waals surface area contributed by atoms with E-state index in [1.807, 2.05) is 36.4 Å². The minimum Gasteiger partial charge on any atom is -0.457 e. The number of nitrogens with one attached hydrogen (secondary N) is 2. The molecule has 206 valence electrons. The van der Waals surface area contributed by atoms with Gasteiger partial charge in [-0.2, -0.15) is 10.2 Å². The monoisotopic (exact) mass is 574 g/mol. The van der Waals surface area contributed by atoms with Gasteiger partial charge in [0.15, 0.2) is 11.6 Å². The van der Waals surface area contributed by atoms with Crippen LogP contribution in [0.5, 0.6) is 0 Å². The second-order valence-electron chi connectivity index (χ2n) is 5.59. The Balaban J connectivity index is -0.000000373. The maximum atomic E-state index is 8.25. The van der Waals surface area contributed by atoms with Crippen LogP contribution < -0.4 is 0 Å². The Kier molecular flexibility index (Phi) is 22.1. The molecule has 0 atom stereocenters. The van der Waals surface area contributed by atoms with E-state index in [1.54, 1.807) is 12.4 Å². The van der Waals surface area contributed by atoms with Crippen LogP contribution in [0.1, 0.15) is 11.6 Å². The fourth-order valence-corrected chi connectivity index (χ4v) is 2.27.